The normalized spacial score (nSPS) is 13.0. The Bertz CT molecular complexity index is 797. The molecule has 2 aromatic rings. The molecule has 0 unspecified atom stereocenters. The predicted octanol–water partition coefficient (Wildman–Crippen LogP) is 3.68. The van der Waals surface area contributed by atoms with E-state index in [4.69, 9.17) is 4.84 Å². The summed E-state index contributed by atoms with van der Waals surface area (Å²) >= 11 is 0. The number of hydrogen-bond acceptors (Lipinski definition) is 4. The summed E-state index contributed by atoms with van der Waals surface area (Å²) in [6.45, 7) is 0. The lowest BCUT2D eigenvalue weighted by atomic mass is 10.1. The first-order valence-electron chi connectivity index (χ1n) is 8.49. The Labute approximate surface area is 150 Å². The Morgan fingerprint density at radius 3 is 2.12 bits per heavy atom. The van der Waals surface area contributed by atoms with E-state index >= 15 is 0 Å². The van der Waals surface area contributed by atoms with Gasteiger partial charge >= 0.3 is 5.97 Å². The fourth-order valence-electron chi connectivity index (χ4n) is 2.82. The molecule has 5 nitrogen and oxygen atoms in total. The summed E-state index contributed by atoms with van der Waals surface area (Å²) < 4.78 is 12.8. The zero-order chi connectivity index (χ0) is 18.5. The number of fused-ring (bicyclic) bond motifs is 1. The number of aryl methyl sites for hydroxylation is 1. The van der Waals surface area contributed by atoms with Gasteiger partial charge in [0.15, 0.2) is 0 Å². The van der Waals surface area contributed by atoms with Gasteiger partial charge in [0.2, 0.25) is 0 Å². The van der Waals surface area contributed by atoms with Crippen LogP contribution in [0.2, 0.25) is 0 Å². The molecule has 0 fully saturated rings. The molecule has 134 valence electrons. The zero-order valence-corrected chi connectivity index (χ0v) is 14.1. The highest BCUT2D eigenvalue weighted by molar-refractivity contribution is 6.20. The van der Waals surface area contributed by atoms with Gasteiger partial charge < -0.3 is 4.84 Å². The van der Waals surface area contributed by atoms with Crippen LogP contribution < -0.4 is 0 Å². The van der Waals surface area contributed by atoms with Crippen molar-refractivity contribution in [3.63, 3.8) is 0 Å². The summed E-state index contributed by atoms with van der Waals surface area (Å²) in [5, 5.41) is 0.533. The molecule has 26 heavy (non-hydrogen) atoms. The van der Waals surface area contributed by atoms with E-state index in [2.05, 4.69) is 0 Å². The number of carbonyl (C=O) groups excluding carboxylic acids is 3. The largest absolute Gasteiger partial charge is 0.333 e. The Hall–Kier alpha value is -3.02. The molecule has 0 saturated carbocycles. The van der Waals surface area contributed by atoms with E-state index in [-0.39, 0.29) is 23.4 Å². The van der Waals surface area contributed by atoms with Crippen LogP contribution in [0.1, 0.15) is 52.0 Å². The quantitative estimate of drug-likeness (QED) is 0.561. The molecule has 0 aromatic heterocycles. The van der Waals surface area contributed by atoms with Crippen LogP contribution in [0, 0.1) is 5.82 Å². The highest BCUT2D eigenvalue weighted by Gasteiger charge is 2.38. The average Bonchev–Trinajstić information content (AvgIpc) is 2.88. The van der Waals surface area contributed by atoms with Gasteiger partial charge in [-0.15, -0.1) is 0 Å². The van der Waals surface area contributed by atoms with Crippen molar-refractivity contribution in [2.45, 2.75) is 32.1 Å². The zero-order valence-electron chi connectivity index (χ0n) is 14.1. The van der Waals surface area contributed by atoms with Gasteiger partial charge in [-0.3, -0.25) is 9.59 Å². The molecule has 0 atom stereocenters. The molecule has 1 aliphatic rings. The lowest BCUT2D eigenvalue weighted by molar-refractivity contribution is -0.168. The van der Waals surface area contributed by atoms with E-state index in [1.807, 2.05) is 0 Å². The standard InChI is InChI=1S/C20H18FNO4/c21-15-12-10-14(11-13-15)6-2-1-3-9-18(23)26-22-19(24)16-7-4-5-8-17(16)20(22)25/h4-5,7-8,10-13H,1-3,6,9H2. The van der Waals surface area contributed by atoms with E-state index in [9.17, 15) is 18.8 Å². The maximum absolute atomic E-state index is 12.8. The Balaban J connectivity index is 1.40. The van der Waals surface area contributed by atoms with E-state index in [0.29, 0.717) is 11.5 Å². The maximum atomic E-state index is 12.8. The lowest BCUT2D eigenvalue weighted by Gasteiger charge is -2.12. The molecular weight excluding hydrogens is 337 g/mol. The summed E-state index contributed by atoms with van der Waals surface area (Å²) in [7, 11) is 0. The minimum Gasteiger partial charge on any atom is -0.330 e. The Kier molecular flexibility index (Phi) is 5.41. The van der Waals surface area contributed by atoms with Gasteiger partial charge in [0, 0.05) is 6.42 Å². The first-order chi connectivity index (χ1) is 12.6. The molecule has 2 aromatic carbocycles. The predicted molar refractivity (Wildman–Crippen MR) is 91.6 cm³/mol. The molecule has 1 heterocycles. The van der Waals surface area contributed by atoms with Crippen LogP contribution in [-0.4, -0.2) is 22.8 Å². The third-order valence-electron chi connectivity index (χ3n) is 4.21. The maximum Gasteiger partial charge on any atom is 0.333 e. The van der Waals surface area contributed by atoms with E-state index in [0.717, 1.165) is 24.8 Å². The third-order valence-corrected chi connectivity index (χ3v) is 4.21. The number of carbonyl (C=O) groups is 3. The molecule has 6 heteroatoms. The van der Waals surface area contributed by atoms with Crippen LogP contribution in [-0.2, 0) is 16.1 Å². The first kappa shape index (κ1) is 17.8. The van der Waals surface area contributed by atoms with Crippen molar-refractivity contribution in [3.8, 4) is 0 Å². The average molecular weight is 355 g/mol. The number of imide groups is 1. The fraction of sp³-hybridized carbons (Fsp3) is 0.250. The highest BCUT2D eigenvalue weighted by atomic mass is 19.1. The van der Waals surface area contributed by atoms with Crippen molar-refractivity contribution in [1.82, 2.24) is 5.06 Å². The number of nitrogens with zero attached hydrogens (tertiary/aromatic N) is 1. The minimum absolute atomic E-state index is 0.122. The van der Waals surface area contributed by atoms with Crippen molar-refractivity contribution in [3.05, 3.63) is 71.0 Å². The van der Waals surface area contributed by atoms with Crippen molar-refractivity contribution in [2.75, 3.05) is 0 Å². The van der Waals surface area contributed by atoms with Crippen LogP contribution in [0.15, 0.2) is 48.5 Å². The van der Waals surface area contributed by atoms with Gasteiger partial charge in [0.25, 0.3) is 11.8 Å². The van der Waals surface area contributed by atoms with Gasteiger partial charge in [0.1, 0.15) is 5.82 Å². The number of hydrogen-bond donors (Lipinski definition) is 0. The summed E-state index contributed by atoms with van der Waals surface area (Å²) in [5.74, 6) is -2.10. The van der Waals surface area contributed by atoms with Crippen molar-refractivity contribution in [2.24, 2.45) is 0 Å². The molecule has 2 amide bonds. The van der Waals surface area contributed by atoms with E-state index in [1.165, 1.54) is 24.3 Å². The van der Waals surface area contributed by atoms with E-state index in [1.54, 1.807) is 24.3 Å². The van der Waals surface area contributed by atoms with Gasteiger partial charge in [-0.2, -0.15) is 0 Å². The van der Waals surface area contributed by atoms with Crippen LogP contribution in [0.5, 0.6) is 0 Å². The second-order valence-electron chi connectivity index (χ2n) is 6.10. The molecule has 3 rings (SSSR count). The van der Waals surface area contributed by atoms with Crippen LogP contribution in [0.25, 0.3) is 0 Å². The molecule has 0 radical (unpaired) electrons. The molecular formula is C20H18FNO4. The SMILES string of the molecule is O=C(CCCCCc1ccc(F)cc1)ON1C(=O)c2ccccc2C1=O. The van der Waals surface area contributed by atoms with Gasteiger partial charge in [-0.1, -0.05) is 35.7 Å². The van der Waals surface area contributed by atoms with Crippen LogP contribution in [0.3, 0.4) is 0 Å². The number of benzene rings is 2. The molecule has 0 saturated heterocycles. The second-order valence-corrected chi connectivity index (χ2v) is 6.10. The molecule has 0 spiro atoms. The number of halogens is 1. The summed E-state index contributed by atoms with van der Waals surface area (Å²) in [4.78, 5) is 41.1. The van der Waals surface area contributed by atoms with Crippen LogP contribution >= 0.6 is 0 Å². The van der Waals surface area contributed by atoms with E-state index < -0.39 is 17.8 Å². The van der Waals surface area contributed by atoms with Crippen molar-refractivity contribution in [1.29, 1.82) is 0 Å². The minimum atomic E-state index is -0.616. The first-order valence-corrected chi connectivity index (χ1v) is 8.49. The number of amides is 2. The van der Waals surface area contributed by atoms with Gasteiger partial charge in [0.05, 0.1) is 11.1 Å². The summed E-state index contributed by atoms with van der Waals surface area (Å²) in [6.07, 6.45) is 3.15. The molecule has 1 aliphatic heterocycles. The Morgan fingerprint density at radius 1 is 0.885 bits per heavy atom. The number of unbranched alkanes of at least 4 members (excludes halogenated alkanes) is 2. The summed E-state index contributed by atoms with van der Waals surface area (Å²) in [5.41, 5.74) is 1.52. The number of rotatable bonds is 7. The fourth-order valence-corrected chi connectivity index (χ4v) is 2.82. The third kappa shape index (κ3) is 3.96. The molecule has 0 bridgehead atoms. The highest BCUT2D eigenvalue weighted by Crippen LogP contribution is 2.23. The topological polar surface area (TPSA) is 63.7 Å². The monoisotopic (exact) mass is 355 g/mol. The lowest BCUT2D eigenvalue weighted by Crippen LogP contribution is -2.32. The second kappa shape index (κ2) is 7.91. The van der Waals surface area contributed by atoms with Crippen molar-refractivity contribution < 1.29 is 23.6 Å². The summed E-state index contributed by atoms with van der Waals surface area (Å²) in [6, 6.07) is 12.7. The van der Waals surface area contributed by atoms with Gasteiger partial charge in [-0.25, -0.2) is 9.18 Å². The molecule has 0 aliphatic carbocycles. The molecule has 0 N–H and O–H groups in total. The number of hydroxylamine groups is 2. The van der Waals surface area contributed by atoms with Gasteiger partial charge in [-0.05, 0) is 49.1 Å². The van der Waals surface area contributed by atoms with Crippen LogP contribution in [0.4, 0.5) is 4.39 Å². The smallest absolute Gasteiger partial charge is 0.330 e. The van der Waals surface area contributed by atoms with Crippen molar-refractivity contribution >= 4 is 17.8 Å². The Morgan fingerprint density at radius 2 is 1.50 bits per heavy atom.